The van der Waals surface area contributed by atoms with E-state index >= 15 is 0 Å². The van der Waals surface area contributed by atoms with Gasteiger partial charge in [-0.2, -0.15) is 0 Å². The number of nitro groups is 1. The van der Waals surface area contributed by atoms with Crippen LogP contribution in [0, 0.1) is 17.0 Å². The lowest BCUT2D eigenvalue weighted by molar-refractivity contribution is -0.384. The Kier molecular flexibility index (Phi) is 7.06. The van der Waals surface area contributed by atoms with Crippen LogP contribution in [-0.2, 0) is 10.0 Å². The molecule has 1 fully saturated rings. The monoisotopic (exact) mass is 433 g/mol. The average molecular weight is 434 g/mol. The molecule has 162 valence electrons. The van der Waals surface area contributed by atoms with Crippen molar-refractivity contribution in [2.45, 2.75) is 37.2 Å². The number of nitrogens with zero attached hydrogens (tertiary/aromatic N) is 3. The van der Waals surface area contributed by atoms with Gasteiger partial charge in [0.2, 0.25) is 0 Å². The molecular weight excluding hydrogens is 406 g/mol. The Balaban J connectivity index is 1.87. The van der Waals surface area contributed by atoms with Gasteiger partial charge in [0.15, 0.2) is 0 Å². The van der Waals surface area contributed by atoms with Gasteiger partial charge in [0.25, 0.3) is 15.7 Å². The lowest BCUT2D eigenvalue weighted by Gasteiger charge is -2.31. The Bertz CT molecular complexity index is 955. The van der Waals surface area contributed by atoms with Crippen LogP contribution < -0.4 is 4.31 Å². The fourth-order valence-corrected chi connectivity index (χ4v) is 5.11. The maximum atomic E-state index is 13.4. The highest BCUT2D eigenvalue weighted by Gasteiger charge is 2.28. The molecule has 0 aliphatic carbocycles. The van der Waals surface area contributed by atoms with Crippen LogP contribution in [0.3, 0.4) is 0 Å². The molecule has 2 aromatic carbocycles. The van der Waals surface area contributed by atoms with E-state index in [9.17, 15) is 23.6 Å². The first-order chi connectivity index (χ1) is 14.3. The van der Waals surface area contributed by atoms with E-state index in [1.807, 2.05) is 19.1 Å². The second-order valence-electron chi connectivity index (χ2n) is 7.64. The lowest BCUT2D eigenvalue weighted by Crippen LogP contribution is -2.44. The molecule has 1 heterocycles. The van der Waals surface area contributed by atoms with Gasteiger partial charge in [-0.1, -0.05) is 24.1 Å². The molecule has 0 aromatic heterocycles. The van der Waals surface area contributed by atoms with Crippen molar-refractivity contribution in [2.75, 3.05) is 30.5 Å². The number of β-amino-alcohol motifs (C(OH)–C–C–N with tert-alkyl or cyclic N) is 1. The highest BCUT2D eigenvalue weighted by atomic mass is 32.2. The quantitative estimate of drug-likeness (QED) is 0.507. The smallest absolute Gasteiger partial charge is 0.269 e. The summed E-state index contributed by atoms with van der Waals surface area (Å²) < 4.78 is 27.9. The predicted molar refractivity (Wildman–Crippen MR) is 115 cm³/mol. The van der Waals surface area contributed by atoms with E-state index in [0.717, 1.165) is 31.5 Å². The fourth-order valence-electron chi connectivity index (χ4n) is 3.61. The van der Waals surface area contributed by atoms with Crippen LogP contribution in [-0.4, -0.2) is 55.6 Å². The van der Waals surface area contributed by atoms with Crippen molar-refractivity contribution in [1.29, 1.82) is 0 Å². The molecule has 0 radical (unpaired) electrons. The zero-order valence-corrected chi connectivity index (χ0v) is 17.8. The number of hydrogen-bond donors (Lipinski definition) is 1. The first-order valence-corrected chi connectivity index (χ1v) is 11.5. The van der Waals surface area contributed by atoms with Crippen molar-refractivity contribution in [3.8, 4) is 0 Å². The highest BCUT2D eigenvalue weighted by molar-refractivity contribution is 7.92. The van der Waals surface area contributed by atoms with Gasteiger partial charge in [-0.25, -0.2) is 8.42 Å². The molecule has 0 bridgehead atoms. The summed E-state index contributed by atoms with van der Waals surface area (Å²) in [5.41, 5.74) is 1.25. The molecule has 9 heteroatoms. The molecule has 1 aliphatic heterocycles. The van der Waals surface area contributed by atoms with E-state index in [2.05, 4.69) is 4.90 Å². The number of hydrogen-bond acceptors (Lipinski definition) is 6. The number of aliphatic hydroxyl groups excluding tert-OH is 1. The maximum Gasteiger partial charge on any atom is 0.269 e. The Hall–Kier alpha value is -2.49. The minimum absolute atomic E-state index is 0.0566. The van der Waals surface area contributed by atoms with Crippen LogP contribution >= 0.6 is 0 Å². The third-order valence-electron chi connectivity index (χ3n) is 5.25. The molecule has 1 unspecified atom stereocenters. The van der Waals surface area contributed by atoms with E-state index in [4.69, 9.17) is 0 Å². The zero-order chi connectivity index (χ0) is 21.7. The van der Waals surface area contributed by atoms with Crippen molar-refractivity contribution in [3.63, 3.8) is 0 Å². The first-order valence-electron chi connectivity index (χ1n) is 10.0. The molecule has 8 nitrogen and oxygen atoms in total. The van der Waals surface area contributed by atoms with Gasteiger partial charge in [0, 0.05) is 18.7 Å². The van der Waals surface area contributed by atoms with Crippen LogP contribution in [0.15, 0.2) is 53.4 Å². The van der Waals surface area contributed by atoms with E-state index in [1.165, 1.54) is 35.0 Å². The van der Waals surface area contributed by atoms with Crippen LogP contribution in [0.25, 0.3) is 0 Å². The number of benzene rings is 2. The summed E-state index contributed by atoms with van der Waals surface area (Å²) in [6.07, 6.45) is 2.47. The van der Waals surface area contributed by atoms with Gasteiger partial charge < -0.3 is 10.0 Å². The molecule has 1 saturated heterocycles. The average Bonchev–Trinajstić information content (AvgIpc) is 2.73. The van der Waals surface area contributed by atoms with Crippen molar-refractivity contribution < 1.29 is 18.4 Å². The molecule has 30 heavy (non-hydrogen) atoms. The van der Waals surface area contributed by atoms with Gasteiger partial charge in [-0.05, 0) is 57.1 Å². The number of aryl methyl sites for hydroxylation is 1. The molecule has 3 rings (SSSR count). The molecular formula is C21H27N3O5S. The van der Waals surface area contributed by atoms with E-state index in [1.54, 1.807) is 12.1 Å². The number of rotatable bonds is 8. The first kappa shape index (κ1) is 22.2. The predicted octanol–water partition coefficient (Wildman–Crippen LogP) is 2.95. The van der Waals surface area contributed by atoms with Gasteiger partial charge in [-0.15, -0.1) is 0 Å². The van der Waals surface area contributed by atoms with E-state index in [0.29, 0.717) is 12.2 Å². The van der Waals surface area contributed by atoms with Gasteiger partial charge in [0.1, 0.15) is 0 Å². The number of non-ortho nitro benzene ring substituents is 1. The fraction of sp³-hybridized carbons (Fsp3) is 0.429. The number of nitro benzene ring substituents is 1. The molecule has 0 spiro atoms. The summed E-state index contributed by atoms with van der Waals surface area (Å²) in [5, 5.41) is 21.6. The summed E-state index contributed by atoms with van der Waals surface area (Å²) in [7, 11) is -4.01. The minimum Gasteiger partial charge on any atom is -0.390 e. The molecule has 0 saturated carbocycles. The van der Waals surface area contributed by atoms with Crippen molar-refractivity contribution >= 4 is 21.4 Å². The standard InChI is InChI=1S/C21H27N3O5S/c1-17-5-7-18(8-6-17)23(16-20(25)15-22-13-3-2-4-14-22)30(28,29)21-11-9-19(10-12-21)24(26)27/h5-12,20,25H,2-4,13-16H2,1H3. The SMILES string of the molecule is Cc1ccc(N(CC(O)CN2CCCCC2)S(=O)(=O)c2ccc([N+](=O)[O-])cc2)cc1. The Morgan fingerprint density at radius 1 is 1.07 bits per heavy atom. The minimum atomic E-state index is -4.01. The van der Waals surface area contributed by atoms with Gasteiger partial charge >= 0.3 is 0 Å². The molecule has 0 amide bonds. The number of sulfonamides is 1. The number of piperidine rings is 1. The van der Waals surface area contributed by atoms with Crippen molar-refractivity contribution in [3.05, 3.63) is 64.2 Å². The maximum absolute atomic E-state index is 13.4. The normalized spacial score (nSPS) is 16.2. The zero-order valence-electron chi connectivity index (χ0n) is 17.0. The van der Waals surface area contributed by atoms with Gasteiger partial charge in [-0.3, -0.25) is 14.4 Å². The van der Waals surface area contributed by atoms with Crippen LogP contribution in [0.5, 0.6) is 0 Å². The van der Waals surface area contributed by atoms with E-state index < -0.39 is 21.1 Å². The molecule has 2 aromatic rings. The highest BCUT2D eigenvalue weighted by Crippen LogP contribution is 2.26. The third-order valence-corrected chi connectivity index (χ3v) is 7.06. The second kappa shape index (κ2) is 9.55. The summed E-state index contributed by atoms with van der Waals surface area (Å²) in [6, 6.07) is 11.8. The lowest BCUT2D eigenvalue weighted by atomic mass is 10.1. The number of likely N-dealkylation sites (tertiary alicyclic amines) is 1. The molecule has 1 N–H and O–H groups in total. The summed E-state index contributed by atoms with van der Waals surface area (Å²) in [6.45, 7) is 4.01. The largest absolute Gasteiger partial charge is 0.390 e. The molecule has 1 aliphatic rings. The number of aliphatic hydroxyl groups is 1. The topological polar surface area (TPSA) is 104 Å². The van der Waals surface area contributed by atoms with Crippen LogP contribution in [0.2, 0.25) is 0 Å². The third kappa shape index (κ3) is 5.35. The summed E-state index contributed by atoms with van der Waals surface area (Å²) in [5.74, 6) is 0. The second-order valence-corrected chi connectivity index (χ2v) is 9.50. The number of anilines is 1. The Morgan fingerprint density at radius 3 is 2.23 bits per heavy atom. The summed E-state index contributed by atoms with van der Waals surface area (Å²) >= 11 is 0. The van der Waals surface area contributed by atoms with Crippen LogP contribution in [0.1, 0.15) is 24.8 Å². The van der Waals surface area contributed by atoms with E-state index in [-0.39, 0.29) is 17.1 Å². The van der Waals surface area contributed by atoms with Gasteiger partial charge in [0.05, 0.1) is 28.2 Å². The van der Waals surface area contributed by atoms with Crippen molar-refractivity contribution in [1.82, 2.24) is 4.90 Å². The Morgan fingerprint density at radius 2 is 1.67 bits per heavy atom. The molecule has 1 atom stereocenters. The van der Waals surface area contributed by atoms with Crippen LogP contribution in [0.4, 0.5) is 11.4 Å². The Labute approximate surface area is 176 Å². The summed E-state index contributed by atoms with van der Waals surface area (Å²) in [4.78, 5) is 12.4. The van der Waals surface area contributed by atoms with Crippen molar-refractivity contribution in [2.24, 2.45) is 0 Å².